The first kappa shape index (κ1) is 16.3. The van der Waals surface area contributed by atoms with Gasteiger partial charge in [0.15, 0.2) is 0 Å². The van der Waals surface area contributed by atoms with Crippen LogP contribution < -0.4 is 5.32 Å². The fraction of sp³-hybridized carbons (Fsp3) is 0.875. The van der Waals surface area contributed by atoms with Gasteiger partial charge in [0.1, 0.15) is 0 Å². The van der Waals surface area contributed by atoms with Crippen molar-refractivity contribution in [2.45, 2.75) is 69.8 Å². The van der Waals surface area contributed by atoms with E-state index in [4.69, 9.17) is 0 Å². The van der Waals surface area contributed by atoms with Gasteiger partial charge < -0.3 is 15.3 Å². The average molecular weight is 296 g/mol. The number of nitrogens with zero attached hydrogens (tertiary/aromatic N) is 1. The molecule has 0 spiro atoms. The summed E-state index contributed by atoms with van der Waals surface area (Å²) in [5.41, 5.74) is -0.820. The highest BCUT2D eigenvalue weighted by Crippen LogP contribution is 2.30. The van der Waals surface area contributed by atoms with Crippen LogP contribution in [0, 0.1) is 0 Å². The van der Waals surface area contributed by atoms with E-state index in [2.05, 4.69) is 5.32 Å². The molecule has 1 aliphatic heterocycles. The van der Waals surface area contributed by atoms with Gasteiger partial charge in [0.2, 0.25) is 11.8 Å². The Morgan fingerprint density at radius 2 is 1.62 bits per heavy atom. The Morgan fingerprint density at radius 3 is 2.29 bits per heavy atom. The highest BCUT2D eigenvalue weighted by molar-refractivity contribution is 5.79. The second kappa shape index (κ2) is 7.78. The van der Waals surface area contributed by atoms with Gasteiger partial charge in [0, 0.05) is 26.1 Å². The lowest BCUT2D eigenvalue weighted by Crippen LogP contribution is -2.40. The van der Waals surface area contributed by atoms with Crippen molar-refractivity contribution in [1.82, 2.24) is 10.2 Å². The standard InChI is InChI=1S/C16H28N2O3/c19-14(13-16(21)8-3-1-4-9-16)17-10-7-15(20)18-11-5-2-6-12-18/h21H,1-13H2,(H,17,19). The third-order valence-electron chi connectivity index (χ3n) is 4.64. The monoisotopic (exact) mass is 296 g/mol. The Hall–Kier alpha value is -1.10. The Balaban J connectivity index is 1.63. The van der Waals surface area contributed by atoms with E-state index in [0.29, 0.717) is 25.8 Å². The van der Waals surface area contributed by atoms with Crippen molar-refractivity contribution < 1.29 is 14.7 Å². The Morgan fingerprint density at radius 1 is 1.00 bits per heavy atom. The summed E-state index contributed by atoms with van der Waals surface area (Å²) in [6, 6.07) is 0. The van der Waals surface area contributed by atoms with Gasteiger partial charge in [-0.2, -0.15) is 0 Å². The van der Waals surface area contributed by atoms with E-state index >= 15 is 0 Å². The number of carbonyl (C=O) groups excluding carboxylic acids is 2. The second-order valence-electron chi connectivity index (χ2n) is 6.50. The molecule has 0 aromatic carbocycles. The summed E-state index contributed by atoms with van der Waals surface area (Å²) in [6.07, 6.45) is 8.49. The van der Waals surface area contributed by atoms with Crippen LogP contribution in [0.2, 0.25) is 0 Å². The lowest BCUT2D eigenvalue weighted by Gasteiger charge is -2.31. The molecule has 2 N–H and O–H groups in total. The van der Waals surface area contributed by atoms with E-state index in [1.165, 1.54) is 6.42 Å². The molecular formula is C16H28N2O3. The van der Waals surface area contributed by atoms with Crippen molar-refractivity contribution in [3.05, 3.63) is 0 Å². The maximum Gasteiger partial charge on any atom is 0.224 e. The predicted molar refractivity (Wildman–Crippen MR) is 80.7 cm³/mol. The summed E-state index contributed by atoms with van der Waals surface area (Å²) in [6.45, 7) is 2.09. The van der Waals surface area contributed by atoms with Crippen molar-refractivity contribution in [3.63, 3.8) is 0 Å². The van der Waals surface area contributed by atoms with Gasteiger partial charge in [0.25, 0.3) is 0 Å². The molecule has 21 heavy (non-hydrogen) atoms. The molecule has 2 rings (SSSR count). The second-order valence-corrected chi connectivity index (χ2v) is 6.50. The molecule has 2 amide bonds. The highest BCUT2D eigenvalue weighted by Gasteiger charge is 2.31. The smallest absolute Gasteiger partial charge is 0.224 e. The van der Waals surface area contributed by atoms with Crippen LogP contribution in [0.15, 0.2) is 0 Å². The quantitative estimate of drug-likeness (QED) is 0.809. The molecule has 0 atom stereocenters. The van der Waals surface area contributed by atoms with E-state index in [1.807, 2.05) is 4.90 Å². The zero-order valence-corrected chi connectivity index (χ0v) is 12.9. The maximum absolute atomic E-state index is 12.0. The molecule has 5 nitrogen and oxygen atoms in total. The van der Waals surface area contributed by atoms with Crippen molar-refractivity contribution in [3.8, 4) is 0 Å². The van der Waals surface area contributed by atoms with Gasteiger partial charge in [-0.1, -0.05) is 19.3 Å². The molecule has 1 aliphatic carbocycles. The zero-order chi connectivity index (χ0) is 15.1. The summed E-state index contributed by atoms with van der Waals surface area (Å²) in [4.78, 5) is 25.7. The highest BCUT2D eigenvalue weighted by atomic mass is 16.3. The first-order valence-corrected chi connectivity index (χ1v) is 8.36. The summed E-state index contributed by atoms with van der Waals surface area (Å²) in [7, 11) is 0. The Labute approximate surface area is 127 Å². The van der Waals surface area contributed by atoms with Gasteiger partial charge in [-0.3, -0.25) is 9.59 Å². The lowest BCUT2D eigenvalue weighted by molar-refractivity contribution is -0.132. The average Bonchev–Trinajstić information content (AvgIpc) is 2.48. The number of aliphatic hydroxyl groups is 1. The number of hydrogen-bond acceptors (Lipinski definition) is 3. The van der Waals surface area contributed by atoms with Gasteiger partial charge in [0.05, 0.1) is 12.0 Å². The minimum Gasteiger partial charge on any atom is -0.389 e. The number of piperidine rings is 1. The summed E-state index contributed by atoms with van der Waals surface area (Å²) >= 11 is 0. The number of carbonyl (C=O) groups is 2. The first-order valence-electron chi connectivity index (χ1n) is 8.36. The number of nitrogens with one attached hydrogen (secondary N) is 1. The number of rotatable bonds is 5. The fourth-order valence-electron chi connectivity index (χ4n) is 3.36. The zero-order valence-electron chi connectivity index (χ0n) is 12.9. The molecule has 1 saturated carbocycles. The number of amides is 2. The van der Waals surface area contributed by atoms with Crippen LogP contribution in [0.25, 0.3) is 0 Å². The molecule has 0 bridgehead atoms. The molecule has 2 aliphatic rings. The summed E-state index contributed by atoms with van der Waals surface area (Å²) < 4.78 is 0. The Kier molecular flexibility index (Phi) is 6.03. The maximum atomic E-state index is 12.0. The number of likely N-dealkylation sites (tertiary alicyclic amines) is 1. The van der Waals surface area contributed by atoms with Gasteiger partial charge in [-0.05, 0) is 32.1 Å². The largest absolute Gasteiger partial charge is 0.389 e. The van der Waals surface area contributed by atoms with Gasteiger partial charge in [-0.15, -0.1) is 0 Å². The predicted octanol–water partition coefficient (Wildman–Crippen LogP) is 1.59. The third kappa shape index (κ3) is 5.30. The van der Waals surface area contributed by atoms with E-state index < -0.39 is 5.60 Å². The van der Waals surface area contributed by atoms with E-state index in [1.54, 1.807) is 0 Å². The molecule has 0 radical (unpaired) electrons. The minimum absolute atomic E-state index is 0.131. The SMILES string of the molecule is O=C(CC1(O)CCCCC1)NCCC(=O)N1CCCCC1. The summed E-state index contributed by atoms with van der Waals surface area (Å²) in [5.74, 6) is -0.00257. The molecule has 1 heterocycles. The van der Waals surface area contributed by atoms with Crippen molar-refractivity contribution in [2.24, 2.45) is 0 Å². The van der Waals surface area contributed by atoms with Gasteiger partial charge >= 0.3 is 0 Å². The summed E-state index contributed by atoms with van der Waals surface area (Å²) in [5, 5.41) is 13.1. The van der Waals surface area contributed by atoms with E-state index in [9.17, 15) is 14.7 Å². The number of hydrogen-bond donors (Lipinski definition) is 2. The molecule has 1 saturated heterocycles. The van der Waals surface area contributed by atoms with Crippen LogP contribution in [0.3, 0.4) is 0 Å². The van der Waals surface area contributed by atoms with E-state index in [-0.39, 0.29) is 18.2 Å². The van der Waals surface area contributed by atoms with Crippen LogP contribution in [0.1, 0.15) is 64.2 Å². The molecular weight excluding hydrogens is 268 g/mol. The molecule has 5 heteroatoms. The minimum atomic E-state index is -0.820. The molecule has 2 fully saturated rings. The van der Waals surface area contributed by atoms with Crippen LogP contribution in [0.4, 0.5) is 0 Å². The first-order chi connectivity index (χ1) is 10.1. The molecule has 120 valence electrons. The Bertz CT molecular complexity index is 359. The van der Waals surface area contributed by atoms with Gasteiger partial charge in [-0.25, -0.2) is 0 Å². The van der Waals surface area contributed by atoms with Crippen LogP contribution in [-0.4, -0.2) is 47.1 Å². The molecule has 0 aromatic heterocycles. The third-order valence-corrected chi connectivity index (χ3v) is 4.64. The van der Waals surface area contributed by atoms with Crippen molar-refractivity contribution in [2.75, 3.05) is 19.6 Å². The topological polar surface area (TPSA) is 69.6 Å². The van der Waals surface area contributed by atoms with Crippen LogP contribution in [-0.2, 0) is 9.59 Å². The van der Waals surface area contributed by atoms with Crippen LogP contribution >= 0.6 is 0 Å². The van der Waals surface area contributed by atoms with Crippen molar-refractivity contribution in [1.29, 1.82) is 0 Å². The molecule has 0 aromatic rings. The molecule has 0 unspecified atom stereocenters. The fourth-order valence-corrected chi connectivity index (χ4v) is 3.36. The lowest BCUT2D eigenvalue weighted by atomic mass is 9.82. The van der Waals surface area contributed by atoms with E-state index in [0.717, 1.165) is 45.2 Å². The van der Waals surface area contributed by atoms with Crippen molar-refractivity contribution >= 4 is 11.8 Å². The normalized spacial score (nSPS) is 21.9. The van der Waals surface area contributed by atoms with Crippen LogP contribution in [0.5, 0.6) is 0 Å².